The monoisotopic (exact) mass is 721 g/mol. The van der Waals surface area contributed by atoms with Crippen LogP contribution in [0.2, 0.25) is 0 Å². The van der Waals surface area contributed by atoms with Crippen LogP contribution in [-0.2, 0) is 37.5 Å². The summed E-state index contributed by atoms with van der Waals surface area (Å²) in [5, 5.41) is 18.3. The second kappa shape index (κ2) is 29.9. The van der Waals surface area contributed by atoms with Gasteiger partial charge >= 0.3 is 17.9 Å². The molecule has 12 nitrogen and oxygen atoms in total. The van der Waals surface area contributed by atoms with E-state index < -0.39 is 44.5 Å². The fraction of sp³-hybridized carbons (Fsp3) is 0.861. The maximum Gasteiger partial charge on any atom is 0.328 e. The van der Waals surface area contributed by atoms with Crippen molar-refractivity contribution >= 4 is 25.7 Å². The molecule has 288 valence electrons. The number of carboxylic acid groups (broad SMARTS) is 1. The minimum Gasteiger partial charge on any atom is -0.756 e. The first-order chi connectivity index (χ1) is 23.2. The molecule has 0 amide bonds. The van der Waals surface area contributed by atoms with Gasteiger partial charge in [0.15, 0.2) is 6.10 Å². The Bertz CT molecular complexity index is 938. The van der Waals surface area contributed by atoms with Crippen molar-refractivity contribution in [2.24, 2.45) is 0 Å². The van der Waals surface area contributed by atoms with Gasteiger partial charge in [-0.15, -0.1) is 0 Å². The molecule has 0 aromatic carbocycles. The number of unbranched alkanes of at least 4 members (excludes halogenated alkanes) is 16. The smallest absolute Gasteiger partial charge is 0.328 e. The Morgan fingerprint density at radius 2 is 1.22 bits per heavy atom. The molecule has 0 aliphatic heterocycles. The summed E-state index contributed by atoms with van der Waals surface area (Å²) >= 11 is 0. The third-order valence-electron chi connectivity index (χ3n) is 7.98. The van der Waals surface area contributed by atoms with Gasteiger partial charge < -0.3 is 38.1 Å². The molecule has 49 heavy (non-hydrogen) atoms. The number of aliphatic hydroxyl groups excluding tert-OH is 1. The number of ether oxygens (including phenoxy) is 2. The summed E-state index contributed by atoms with van der Waals surface area (Å²) in [6, 6.07) is 0. The van der Waals surface area contributed by atoms with Crippen LogP contribution < -0.4 is 4.89 Å². The summed E-state index contributed by atoms with van der Waals surface area (Å²) in [6.07, 6.45) is 20.3. The van der Waals surface area contributed by atoms with E-state index in [1.807, 2.05) is 21.1 Å². The molecular weight excluding hydrogens is 653 g/mol. The number of likely N-dealkylation sites (N-methyl/N-ethyl adjacent to an activating group) is 1. The molecule has 0 aromatic heterocycles. The molecule has 0 fully saturated rings. The predicted octanol–water partition coefficient (Wildman–Crippen LogP) is 6.86. The zero-order valence-corrected chi connectivity index (χ0v) is 31.8. The van der Waals surface area contributed by atoms with Crippen LogP contribution >= 0.6 is 7.82 Å². The lowest BCUT2D eigenvalue weighted by Gasteiger charge is -2.28. The van der Waals surface area contributed by atoms with Crippen molar-refractivity contribution in [3.05, 3.63) is 12.2 Å². The average molecular weight is 722 g/mol. The first-order valence-corrected chi connectivity index (χ1v) is 20.0. The second-order valence-corrected chi connectivity index (χ2v) is 15.4. The number of esters is 2. The maximum atomic E-state index is 12.5. The summed E-state index contributed by atoms with van der Waals surface area (Å²) in [5.74, 6) is -2.09. The molecule has 0 radical (unpaired) electrons. The van der Waals surface area contributed by atoms with Crippen LogP contribution in [0.4, 0.5) is 0 Å². The van der Waals surface area contributed by atoms with Gasteiger partial charge in [-0.2, -0.15) is 0 Å². The quantitative estimate of drug-likeness (QED) is 0.0234. The topological polar surface area (TPSA) is 169 Å². The summed E-state index contributed by atoms with van der Waals surface area (Å²) < 4.78 is 33.5. The van der Waals surface area contributed by atoms with E-state index in [2.05, 4.69) is 6.92 Å². The Morgan fingerprint density at radius 1 is 0.735 bits per heavy atom. The summed E-state index contributed by atoms with van der Waals surface area (Å²) in [5.41, 5.74) is 0. The highest BCUT2D eigenvalue weighted by atomic mass is 31.2. The summed E-state index contributed by atoms with van der Waals surface area (Å²) in [4.78, 5) is 47.7. The van der Waals surface area contributed by atoms with E-state index in [0.29, 0.717) is 36.7 Å². The van der Waals surface area contributed by atoms with Crippen LogP contribution in [-0.4, -0.2) is 92.3 Å². The Kier molecular flexibility index (Phi) is 28.8. The Hall–Kier alpha value is -1.82. The highest BCUT2D eigenvalue weighted by Crippen LogP contribution is 2.38. The minimum absolute atomic E-state index is 0.0686. The number of carboxylic acids is 1. The number of rotatable bonds is 34. The van der Waals surface area contributed by atoms with Crippen LogP contribution in [0.25, 0.3) is 0 Å². The van der Waals surface area contributed by atoms with E-state index in [-0.39, 0.29) is 26.1 Å². The Morgan fingerprint density at radius 3 is 1.73 bits per heavy atom. The zero-order chi connectivity index (χ0) is 36.8. The molecule has 0 aliphatic carbocycles. The highest BCUT2D eigenvalue weighted by molar-refractivity contribution is 7.45. The van der Waals surface area contributed by atoms with E-state index in [1.54, 1.807) is 0 Å². The first-order valence-electron chi connectivity index (χ1n) is 18.6. The number of hydrogen-bond donors (Lipinski definition) is 2. The normalized spacial score (nSPS) is 14.4. The van der Waals surface area contributed by atoms with E-state index in [1.165, 1.54) is 63.9 Å². The van der Waals surface area contributed by atoms with Crippen molar-refractivity contribution in [1.82, 2.24) is 0 Å². The van der Waals surface area contributed by atoms with Crippen molar-refractivity contribution < 1.29 is 57.1 Å². The van der Waals surface area contributed by atoms with Crippen LogP contribution in [0.3, 0.4) is 0 Å². The summed E-state index contributed by atoms with van der Waals surface area (Å²) in [7, 11) is 1.03. The third-order valence-corrected chi connectivity index (χ3v) is 8.95. The number of carbonyl (C=O) groups is 3. The van der Waals surface area contributed by atoms with Crippen molar-refractivity contribution in [3.8, 4) is 0 Å². The average Bonchev–Trinajstić information content (AvgIpc) is 3.02. The molecule has 13 heteroatoms. The lowest BCUT2D eigenvalue weighted by Crippen LogP contribution is -2.37. The lowest BCUT2D eigenvalue weighted by molar-refractivity contribution is -0.870. The van der Waals surface area contributed by atoms with Crippen LogP contribution in [0.5, 0.6) is 0 Å². The van der Waals surface area contributed by atoms with E-state index in [9.17, 15) is 28.9 Å². The minimum atomic E-state index is -4.66. The predicted molar refractivity (Wildman–Crippen MR) is 189 cm³/mol. The number of carbonyl (C=O) groups excluding carboxylic acids is 2. The third kappa shape index (κ3) is 34.4. The second-order valence-electron chi connectivity index (χ2n) is 13.9. The molecule has 0 bridgehead atoms. The SMILES string of the molecule is CCCCCCCCCCCCCCCC(=O)OC[C@@H](COP(=O)([O-])OCC[N+](C)(C)C)OC(=O)CCCCCCCC(O)/C=C/C(=O)O. The van der Waals surface area contributed by atoms with Gasteiger partial charge in [-0.05, 0) is 25.3 Å². The maximum absolute atomic E-state index is 12.5. The Balaban J connectivity index is 4.48. The molecular formula is C36H68NO11P. The highest BCUT2D eigenvalue weighted by Gasteiger charge is 2.21. The lowest BCUT2D eigenvalue weighted by atomic mass is 10.0. The molecule has 2 unspecified atom stereocenters. The number of hydrogen-bond acceptors (Lipinski definition) is 10. The Labute approximate surface area is 296 Å². The molecule has 0 aromatic rings. The van der Waals surface area contributed by atoms with E-state index in [0.717, 1.165) is 44.6 Å². The van der Waals surface area contributed by atoms with E-state index in [4.69, 9.17) is 23.6 Å². The first kappa shape index (κ1) is 47.2. The molecule has 0 saturated heterocycles. The van der Waals surface area contributed by atoms with Crippen molar-refractivity contribution in [2.45, 2.75) is 154 Å². The number of quaternary nitrogens is 1. The number of nitrogens with zero attached hydrogens (tertiary/aromatic N) is 1. The van der Waals surface area contributed by atoms with Gasteiger partial charge in [0.1, 0.15) is 19.8 Å². The van der Waals surface area contributed by atoms with Crippen LogP contribution in [0, 0.1) is 0 Å². The number of phosphoric acid groups is 1. The molecule has 0 aliphatic rings. The van der Waals surface area contributed by atoms with Crippen molar-refractivity contribution in [2.75, 3.05) is 47.5 Å². The van der Waals surface area contributed by atoms with Crippen molar-refractivity contribution in [3.63, 3.8) is 0 Å². The molecule has 2 N–H and O–H groups in total. The van der Waals surface area contributed by atoms with E-state index >= 15 is 0 Å². The fourth-order valence-corrected chi connectivity index (χ4v) is 5.72. The van der Waals surface area contributed by atoms with Gasteiger partial charge in [-0.25, -0.2) is 4.79 Å². The molecule has 3 atom stereocenters. The fourth-order valence-electron chi connectivity index (χ4n) is 4.99. The molecule has 0 spiro atoms. The van der Waals surface area contributed by atoms with Crippen molar-refractivity contribution in [1.29, 1.82) is 0 Å². The molecule has 0 heterocycles. The largest absolute Gasteiger partial charge is 0.756 e. The standard InChI is InChI=1S/C36H68NO11P/c1-5-6-7-8-9-10-11-12-13-14-15-18-21-24-35(41)45-30-33(31-47-49(43,44)46-29-28-37(2,3)4)48-36(42)25-22-19-16-17-20-23-32(38)26-27-34(39)40/h26-27,32-33,38H,5-25,28-31H2,1-4H3,(H-,39,40,43,44)/b27-26+/t32?,33-/m0/s1. The van der Waals surface area contributed by atoms with Gasteiger partial charge in [-0.1, -0.05) is 110 Å². The van der Waals surface area contributed by atoms with Gasteiger partial charge in [0.25, 0.3) is 7.82 Å². The summed E-state index contributed by atoms with van der Waals surface area (Å²) in [6.45, 7) is 1.76. The van der Waals surface area contributed by atoms with Gasteiger partial charge in [0.2, 0.25) is 0 Å². The van der Waals surface area contributed by atoms with Crippen LogP contribution in [0.1, 0.15) is 142 Å². The van der Waals surface area contributed by atoms with Gasteiger partial charge in [-0.3, -0.25) is 14.2 Å². The number of aliphatic carboxylic acids is 1. The van der Waals surface area contributed by atoms with Gasteiger partial charge in [0.05, 0.1) is 33.9 Å². The van der Waals surface area contributed by atoms with Gasteiger partial charge in [0, 0.05) is 18.9 Å². The number of phosphoric ester groups is 1. The molecule has 0 rings (SSSR count). The van der Waals surface area contributed by atoms with Crippen LogP contribution in [0.15, 0.2) is 12.2 Å². The number of aliphatic hydroxyl groups is 1. The zero-order valence-electron chi connectivity index (χ0n) is 31.0. The molecule has 0 saturated carbocycles.